The zero-order chi connectivity index (χ0) is 15.2. The van der Waals surface area contributed by atoms with Crippen molar-refractivity contribution in [1.29, 1.82) is 0 Å². The Kier molecular flexibility index (Phi) is 4.82. The standard InChI is InChI=1S/C17H20N2O2/c1-4-18-16-10-5-12(2)11-15(16)17(20)19-13-6-8-14(21-3)9-7-13/h5-11,18H,4H2,1-3H3,(H,19,20). The van der Waals surface area contributed by atoms with Gasteiger partial charge < -0.3 is 15.4 Å². The van der Waals surface area contributed by atoms with Crippen LogP contribution in [0, 0.1) is 6.92 Å². The number of carbonyl (C=O) groups is 1. The first kappa shape index (κ1) is 14.9. The molecule has 0 aliphatic carbocycles. The van der Waals surface area contributed by atoms with Crippen LogP contribution in [0.4, 0.5) is 11.4 Å². The molecule has 0 bridgehead atoms. The van der Waals surface area contributed by atoms with Crippen LogP contribution in [-0.2, 0) is 0 Å². The first-order chi connectivity index (χ1) is 10.1. The fourth-order valence-electron chi connectivity index (χ4n) is 2.06. The lowest BCUT2D eigenvalue weighted by molar-refractivity contribution is 0.102. The Morgan fingerprint density at radius 3 is 2.48 bits per heavy atom. The fourth-order valence-corrected chi connectivity index (χ4v) is 2.06. The first-order valence-corrected chi connectivity index (χ1v) is 6.94. The van der Waals surface area contributed by atoms with Crippen molar-refractivity contribution in [2.75, 3.05) is 24.3 Å². The molecular weight excluding hydrogens is 264 g/mol. The molecule has 2 N–H and O–H groups in total. The molecule has 2 aromatic rings. The Morgan fingerprint density at radius 1 is 1.14 bits per heavy atom. The van der Waals surface area contributed by atoms with E-state index < -0.39 is 0 Å². The van der Waals surface area contributed by atoms with Crippen LogP contribution in [0.2, 0.25) is 0 Å². The Labute approximate surface area is 125 Å². The summed E-state index contributed by atoms with van der Waals surface area (Å²) >= 11 is 0. The molecule has 0 fully saturated rings. The van der Waals surface area contributed by atoms with E-state index in [4.69, 9.17) is 4.74 Å². The van der Waals surface area contributed by atoms with Gasteiger partial charge in [0.25, 0.3) is 5.91 Å². The minimum atomic E-state index is -0.125. The van der Waals surface area contributed by atoms with E-state index in [9.17, 15) is 4.79 Å². The maximum atomic E-state index is 12.4. The summed E-state index contributed by atoms with van der Waals surface area (Å²) in [6, 6.07) is 13.1. The second-order valence-corrected chi connectivity index (χ2v) is 4.76. The average Bonchev–Trinajstić information content (AvgIpc) is 2.50. The molecule has 0 atom stereocenters. The third kappa shape index (κ3) is 3.75. The molecule has 110 valence electrons. The summed E-state index contributed by atoms with van der Waals surface area (Å²) in [5, 5.41) is 6.11. The number of hydrogen-bond donors (Lipinski definition) is 2. The molecule has 0 saturated carbocycles. The summed E-state index contributed by atoms with van der Waals surface area (Å²) in [4.78, 5) is 12.4. The third-order valence-electron chi connectivity index (χ3n) is 3.13. The summed E-state index contributed by atoms with van der Waals surface area (Å²) < 4.78 is 5.10. The summed E-state index contributed by atoms with van der Waals surface area (Å²) in [6.45, 7) is 4.75. The molecule has 2 aromatic carbocycles. The Morgan fingerprint density at radius 2 is 1.86 bits per heavy atom. The second kappa shape index (κ2) is 6.79. The highest BCUT2D eigenvalue weighted by atomic mass is 16.5. The number of carbonyl (C=O) groups excluding carboxylic acids is 1. The largest absolute Gasteiger partial charge is 0.497 e. The Balaban J connectivity index is 2.20. The van der Waals surface area contributed by atoms with Gasteiger partial charge in [-0.2, -0.15) is 0 Å². The lowest BCUT2D eigenvalue weighted by Crippen LogP contribution is -2.15. The van der Waals surface area contributed by atoms with Gasteiger partial charge in [0.15, 0.2) is 0 Å². The average molecular weight is 284 g/mol. The highest BCUT2D eigenvalue weighted by Crippen LogP contribution is 2.20. The van der Waals surface area contributed by atoms with Crippen LogP contribution in [0.25, 0.3) is 0 Å². The summed E-state index contributed by atoms with van der Waals surface area (Å²) in [6.07, 6.45) is 0. The molecule has 4 nitrogen and oxygen atoms in total. The van der Waals surface area contributed by atoms with E-state index in [0.29, 0.717) is 5.56 Å². The highest BCUT2D eigenvalue weighted by Gasteiger charge is 2.11. The SMILES string of the molecule is CCNc1ccc(C)cc1C(=O)Nc1ccc(OC)cc1. The summed E-state index contributed by atoms with van der Waals surface area (Å²) in [7, 11) is 1.61. The number of anilines is 2. The van der Waals surface area contributed by atoms with Crippen LogP contribution < -0.4 is 15.4 Å². The fraction of sp³-hybridized carbons (Fsp3) is 0.235. The molecule has 0 radical (unpaired) electrons. The Hall–Kier alpha value is -2.49. The van der Waals surface area contributed by atoms with E-state index in [1.54, 1.807) is 7.11 Å². The zero-order valence-electron chi connectivity index (χ0n) is 12.6. The minimum Gasteiger partial charge on any atom is -0.497 e. The van der Waals surface area contributed by atoms with Gasteiger partial charge in [-0.05, 0) is 50.2 Å². The normalized spacial score (nSPS) is 10.0. The molecule has 21 heavy (non-hydrogen) atoms. The lowest BCUT2D eigenvalue weighted by Gasteiger charge is -2.12. The van der Waals surface area contributed by atoms with Crippen LogP contribution in [-0.4, -0.2) is 19.6 Å². The number of ether oxygens (including phenoxy) is 1. The molecule has 2 rings (SSSR count). The molecule has 4 heteroatoms. The van der Waals surface area contributed by atoms with Gasteiger partial charge in [-0.1, -0.05) is 11.6 Å². The van der Waals surface area contributed by atoms with Crippen LogP contribution >= 0.6 is 0 Å². The number of amides is 1. The quantitative estimate of drug-likeness (QED) is 0.880. The first-order valence-electron chi connectivity index (χ1n) is 6.94. The molecular formula is C17H20N2O2. The maximum absolute atomic E-state index is 12.4. The van der Waals surface area contributed by atoms with E-state index in [1.165, 1.54) is 0 Å². The lowest BCUT2D eigenvalue weighted by atomic mass is 10.1. The highest BCUT2D eigenvalue weighted by molar-refractivity contribution is 6.08. The molecule has 0 spiro atoms. The van der Waals surface area contributed by atoms with Crippen molar-refractivity contribution in [2.45, 2.75) is 13.8 Å². The molecule has 0 aliphatic rings. The van der Waals surface area contributed by atoms with Crippen molar-refractivity contribution in [3.63, 3.8) is 0 Å². The molecule has 0 heterocycles. The van der Waals surface area contributed by atoms with Gasteiger partial charge in [0.2, 0.25) is 0 Å². The number of rotatable bonds is 5. The predicted octanol–water partition coefficient (Wildman–Crippen LogP) is 3.69. The van der Waals surface area contributed by atoms with Crippen molar-refractivity contribution < 1.29 is 9.53 Å². The van der Waals surface area contributed by atoms with E-state index in [-0.39, 0.29) is 5.91 Å². The summed E-state index contributed by atoms with van der Waals surface area (Å²) in [5.74, 6) is 0.636. The van der Waals surface area contributed by atoms with Crippen LogP contribution in [0.5, 0.6) is 5.75 Å². The van der Waals surface area contributed by atoms with E-state index in [2.05, 4.69) is 10.6 Å². The van der Waals surface area contributed by atoms with E-state index in [0.717, 1.165) is 29.2 Å². The van der Waals surface area contributed by atoms with E-state index in [1.807, 2.05) is 56.3 Å². The van der Waals surface area contributed by atoms with Crippen molar-refractivity contribution in [2.24, 2.45) is 0 Å². The van der Waals surface area contributed by atoms with E-state index >= 15 is 0 Å². The number of benzene rings is 2. The minimum absolute atomic E-state index is 0.125. The maximum Gasteiger partial charge on any atom is 0.257 e. The van der Waals surface area contributed by atoms with Gasteiger partial charge in [0.05, 0.1) is 12.7 Å². The molecule has 0 aliphatic heterocycles. The van der Waals surface area contributed by atoms with Crippen LogP contribution in [0.15, 0.2) is 42.5 Å². The van der Waals surface area contributed by atoms with Crippen molar-refractivity contribution in [3.8, 4) is 5.75 Å². The van der Waals surface area contributed by atoms with Gasteiger partial charge in [-0.3, -0.25) is 4.79 Å². The number of hydrogen-bond acceptors (Lipinski definition) is 3. The van der Waals surface area contributed by atoms with Gasteiger partial charge in [-0.25, -0.2) is 0 Å². The molecule has 0 aromatic heterocycles. The third-order valence-corrected chi connectivity index (χ3v) is 3.13. The van der Waals surface area contributed by atoms with Crippen LogP contribution in [0.3, 0.4) is 0 Å². The Bertz CT molecular complexity index is 621. The zero-order valence-corrected chi connectivity index (χ0v) is 12.6. The van der Waals surface area contributed by atoms with Gasteiger partial charge in [-0.15, -0.1) is 0 Å². The smallest absolute Gasteiger partial charge is 0.257 e. The van der Waals surface area contributed by atoms with Crippen molar-refractivity contribution >= 4 is 17.3 Å². The van der Waals surface area contributed by atoms with Gasteiger partial charge in [0.1, 0.15) is 5.75 Å². The van der Waals surface area contributed by atoms with Gasteiger partial charge in [0, 0.05) is 17.9 Å². The monoisotopic (exact) mass is 284 g/mol. The van der Waals surface area contributed by atoms with Crippen molar-refractivity contribution in [3.05, 3.63) is 53.6 Å². The topological polar surface area (TPSA) is 50.4 Å². The van der Waals surface area contributed by atoms with Crippen molar-refractivity contribution in [1.82, 2.24) is 0 Å². The predicted molar refractivity (Wildman–Crippen MR) is 86.3 cm³/mol. The van der Waals surface area contributed by atoms with Crippen LogP contribution in [0.1, 0.15) is 22.8 Å². The second-order valence-electron chi connectivity index (χ2n) is 4.76. The number of aryl methyl sites for hydroxylation is 1. The number of methoxy groups -OCH3 is 1. The summed E-state index contributed by atoms with van der Waals surface area (Å²) in [5.41, 5.74) is 3.28. The molecule has 0 saturated heterocycles. The molecule has 1 amide bonds. The number of nitrogens with one attached hydrogen (secondary N) is 2. The van der Waals surface area contributed by atoms with Gasteiger partial charge >= 0.3 is 0 Å². The molecule has 0 unspecified atom stereocenters.